The Morgan fingerprint density at radius 2 is 1.90 bits per heavy atom. The van der Waals surface area contributed by atoms with Crippen LogP contribution < -0.4 is 0 Å². The summed E-state index contributed by atoms with van der Waals surface area (Å²) in [6, 6.07) is 0.901. The van der Waals surface area contributed by atoms with Crippen LogP contribution in [0.4, 0.5) is 13.2 Å². The lowest BCUT2D eigenvalue weighted by Crippen LogP contribution is -2.49. The summed E-state index contributed by atoms with van der Waals surface area (Å²) < 4.78 is 39.8. The monoisotopic (exact) mass is 301 g/mol. The Kier molecular flexibility index (Phi) is 4.20. The van der Waals surface area contributed by atoms with Crippen LogP contribution in [0.2, 0.25) is 0 Å². The number of nitrogens with zero attached hydrogens (tertiary/aromatic N) is 1. The van der Waals surface area contributed by atoms with Crippen molar-refractivity contribution in [3.8, 4) is 0 Å². The van der Waals surface area contributed by atoms with Crippen molar-refractivity contribution < 1.29 is 27.9 Å². The van der Waals surface area contributed by atoms with Crippen LogP contribution in [0.3, 0.4) is 0 Å². The summed E-state index contributed by atoms with van der Waals surface area (Å²) in [6.45, 7) is 1.80. The third-order valence-electron chi connectivity index (χ3n) is 3.83. The van der Waals surface area contributed by atoms with Gasteiger partial charge < -0.3 is 10.0 Å². The Labute approximate surface area is 119 Å². The SMILES string of the molecule is C[C@@H]1[C@H](C(=O)O)CCCN1C(=O)c1ccc(F)c(F)c1F. The molecular formula is C14H14F3NO3. The van der Waals surface area contributed by atoms with E-state index in [1.165, 1.54) is 4.90 Å². The maximum Gasteiger partial charge on any atom is 0.308 e. The van der Waals surface area contributed by atoms with Gasteiger partial charge in [-0.3, -0.25) is 9.59 Å². The van der Waals surface area contributed by atoms with Gasteiger partial charge in [0.1, 0.15) is 0 Å². The van der Waals surface area contributed by atoms with Gasteiger partial charge in [-0.25, -0.2) is 13.2 Å². The fourth-order valence-corrected chi connectivity index (χ4v) is 2.61. The number of amides is 1. The van der Waals surface area contributed by atoms with Gasteiger partial charge in [-0.2, -0.15) is 0 Å². The number of halogens is 3. The van der Waals surface area contributed by atoms with Crippen molar-refractivity contribution in [2.75, 3.05) is 6.54 Å². The highest BCUT2D eigenvalue weighted by atomic mass is 19.2. The van der Waals surface area contributed by atoms with Crippen molar-refractivity contribution in [3.63, 3.8) is 0 Å². The van der Waals surface area contributed by atoms with E-state index in [1.54, 1.807) is 6.92 Å². The van der Waals surface area contributed by atoms with Gasteiger partial charge in [-0.05, 0) is 31.9 Å². The maximum absolute atomic E-state index is 13.7. The minimum absolute atomic E-state index is 0.252. The molecule has 0 saturated carbocycles. The molecule has 4 nitrogen and oxygen atoms in total. The summed E-state index contributed by atoms with van der Waals surface area (Å²) in [5.74, 6) is -7.25. The first kappa shape index (κ1) is 15.3. The third-order valence-corrected chi connectivity index (χ3v) is 3.83. The Morgan fingerprint density at radius 1 is 1.24 bits per heavy atom. The lowest BCUT2D eigenvalue weighted by molar-refractivity contribution is -0.144. The Bertz CT molecular complexity index is 591. The molecule has 114 valence electrons. The predicted molar refractivity (Wildman–Crippen MR) is 67.2 cm³/mol. The van der Waals surface area contributed by atoms with Crippen LogP contribution in [0.1, 0.15) is 30.1 Å². The zero-order valence-corrected chi connectivity index (χ0v) is 11.3. The highest BCUT2D eigenvalue weighted by molar-refractivity contribution is 5.95. The number of likely N-dealkylation sites (tertiary alicyclic amines) is 1. The molecule has 1 aromatic rings. The van der Waals surface area contributed by atoms with Gasteiger partial charge in [0.2, 0.25) is 0 Å². The van der Waals surface area contributed by atoms with Crippen molar-refractivity contribution in [1.82, 2.24) is 4.90 Å². The number of carbonyl (C=O) groups is 2. The minimum Gasteiger partial charge on any atom is -0.481 e. The summed E-state index contributed by atoms with van der Waals surface area (Å²) in [5.41, 5.74) is -0.591. The molecule has 0 aromatic heterocycles. The molecule has 1 N–H and O–H groups in total. The maximum atomic E-state index is 13.7. The lowest BCUT2D eigenvalue weighted by Gasteiger charge is -2.37. The third kappa shape index (κ3) is 2.72. The number of piperidine rings is 1. The van der Waals surface area contributed by atoms with Crippen LogP contribution in [0, 0.1) is 23.4 Å². The molecule has 0 bridgehead atoms. The predicted octanol–water partition coefficient (Wildman–Crippen LogP) is 2.43. The van der Waals surface area contributed by atoms with Gasteiger partial charge in [0, 0.05) is 12.6 Å². The molecule has 1 aliphatic rings. The van der Waals surface area contributed by atoms with E-state index in [2.05, 4.69) is 0 Å². The number of carboxylic acids is 1. The molecule has 1 amide bonds. The topological polar surface area (TPSA) is 57.6 Å². The molecule has 0 aliphatic carbocycles. The molecule has 1 saturated heterocycles. The molecule has 1 aliphatic heterocycles. The summed E-state index contributed by atoms with van der Waals surface area (Å²) in [5, 5.41) is 9.09. The van der Waals surface area contributed by atoms with E-state index < -0.39 is 46.9 Å². The van der Waals surface area contributed by atoms with Crippen molar-refractivity contribution in [2.45, 2.75) is 25.8 Å². The lowest BCUT2D eigenvalue weighted by atomic mass is 9.90. The van der Waals surface area contributed by atoms with Crippen molar-refractivity contribution >= 4 is 11.9 Å². The molecule has 21 heavy (non-hydrogen) atoms. The Morgan fingerprint density at radius 3 is 2.52 bits per heavy atom. The number of carboxylic acid groups (broad SMARTS) is 1. The number of rotatable bonds is 2. The molecule has 0 radical (unpaired) electrons. The van der Waals surface area contributed by atoms with E-state index in [1.807, 2.05) is 0 Å². The Hall–Kier alpha value is -2.05. The van der Waals surface area contributed by atoms with Crippen LogP contribution in [-0.2, 0) is 4.79 Å². The first-order chi connectivity index (χ1) is 9.84. The van der Waals surface area contributed by atoms with Crippen LogP contribution in [0.5, 0.6) is 0 Å². The zero-order chi connectivity index (χ0) is 15.7. The zero-order valence-electron chi connectivity index (χ0n) is 11.3. The summed E-state index contributed by atoms with van der Waals surface area (Å²) in [6.07, 6.45) is 0.874. The molecule has 7 heteroatoms. The van der Waals surface area contributed by atoms with E-state index >= 15 is 0 Å². The molecule has 2 atom stereocenters. The normalized spacial score (nSPS) is 22.2. The number of hydrogen-bond acceptors (Lipinski definition) is 2. The average molecular weight is 301 g/mol. The van der Waals surface area contributed by atoms with Crippen LogP contribution in [-0.4, -0.2) is 34.5 Å². The highest BCUT2D eigenvalue weighted by Crippen LogP contribution is 2.26. The van der Waals surface area contributed by atoms with E-state index in [0.717, 1.165) is 6.07 Å². The van der Waals surface area contributed by atoms with E-state index in [4.69, 9.17) is 5.11 Å². The smallest absolute Gasteiger partial charge is 0.308 e. The fourth-order valence-electron chi connectivity index (χ4n) is 2.61. The number of benzene rings is 1. The molecule has 2 rings (SSSR count). The van der Waals surface area contributed by atoms with Crippen LogP contribution >= 0.6 is 0 Å². The summed E-state index contributed by atoms with van der Waals surface area (Å²) in [7, 11) is 0. The molecule has 1 aromatic carbocycles. The van der Waals surface area contributed by atoms with E-state index in [-0.39, 0.29) is 6.54 Å². The summed E-state index contributed by atoms with van der Waals surface area (Å²) >= 11 is 0. The van der Waals surface area contributed by atoms with Gasteiger partial charge in [-0.1, -0.05) is 0 Å². The molecule has 1 heterocycles. The Balaban J connectivity index is 2.31. The number of carbonyl (C=O) groups excluding carboxylic acids is 1. The molecule has 0 unspecified atom stereocenters. The molecule has 0 spiro atoms. The highest BCUT2D eigenvalue weighted by Gasteiger charge is 2.36. The first-order valence-corrected chi connectivity index (χ1v) is 6.52. The van der Waals surface area contributed by atoms with Crippen LogP contribution in [0.25, 0.3) is 0 Å². The average Bonchev–Trinajstić information content (AvgIpc) is 2.44. The van der Waals surface area contributed by atoms with Crippen molar-refractivity contribution in [1.29, 1.82) is 0 Å². The van der Waals surface area contributed by atoms with E-state index in [9.17, 15) is 22.8 Å². The molecular weight excluding hydrogens is 287 g/mol. The van der Waals surface area contributed by atoms with Gasteiger partial charge >= 0.3 is 5.97 Å². The second-order valence-electron chi connectivity index (χ2n) is 5.05. The quantitative estimate of drug-likeness (QED) is 0.854. The van der Waals surface area contributed by atoms with Gasteiger partial charge in [0.25, 0.3) is 5.91 Å². The summed E-state index contributed by atoms with van der Waals surface area (Å²) in [4.78, 5) is 24.6. The number of hydrogen-bond donors (Lipinski definition) is 1. The number of aliphatic carboxylic acids is 1. The van der Waals surface area contributed by atoms with Crippen molar-refractivity contribution in [2.24, 2.45) is 5.92 Å². The van der Waals surface area contributed by atoms with Gasteiger partial charge in [0.05, 0.1) is 11.5 Å². The second kappa shape index (κ2) is 5.75. The molecule has 1 fully saturated rings. The largest absolute Gasteiger partial charge is 0.481 e. The van der Waals surface area contributed by atoms with Gasteiger partial charge in [-0.15, -0.1) is 0 Å². The van der Waals surface area contributed by atoms with Crippen molar-refractivity contribution in [3.05, 3.63) is 35.1 Å². The fraction of sp³-hybridized carbons (Fsp3) is 0.429. The minimum atomic E-state index is -1.71. The van der Waals surface area contributed by atoms with Gasteiger partial charge in [0.15, 0.2) is 17.5 Å². The van der Waals surface area contributed by atoms with E-state index in [0.29, 0.717) is 18.9 Å². The second-order valence-corrected chi connectivity index (χ2v) is 5.05. The first-order valence-electron chi connectivity index (χ1n) is 6.52. The van der Waals surface area contributed by atoms with Crippen LogP contribution in [0.15, 0.2) is 12.1 Å². The standard InChI is InChI=1S/C14H14F3NO3/c1-7-8(14(20)21)3-2-6-18(7)13(19)9-4-5-10(15)12(17)11(9)16/h4-5,7-8H,2-3,6H2,1H3,(H,20,21)/t7-,8-/m1/s1.